The maximum Gasteiger partial charge on any atom is 0.488 e. The van der Waals surface area contributed by atoms with E-state index in [0.29, 0.717) is 0 Å². The van der Waals surface area contributed by atoms with E-state index in [0.717, 1.165) is 0 Å². The quantitative estimate of drug-likeness (QED) is 0.674. The Bertz CT molecular complexity index is 559. The van der Waals surface area contributed by atoms with Crippen LogP contribution in [-0.4, -0.2) is 48.8 Å². The van der Waals surface area contributed by atoms with Crippen LogP contribution >= 0.6 is 0 Å². The van der Waals surface area contributed by atoms with E-state index in [1.165, 1.54) is 28.6 Å². The van der Waals surface area contributed by atoms with Crippen LogP contribution in [0.5, 0.6) is 0 Å². The lowest BCUT2D eigenvalue weighted by Crippen LogP contribution is -2.38. The van der Waals surface area contributed by atoms with Crippen LogP contribution in [0, 0.1) is 0 Å². The van der Waals surface area contributed by atoms with Crippen LogP contribution < -0.4 is 5.46 Å². The number of piperidine rings is 1. The largest absolute Gasteiger partial charge is 0.488 e. The van der Waals surface area contributed by atoms with Gasteiger partial charge in [-0.15, -0.1) is 0 Å². The van der Waals surface area contributed by atoms with Crippen LogP contribution in [0.25, 0.3) is 0 Å². The fourth-order valence-corrected chi connectivity index (χ4v) is 3.38. The molecule has 0 atom stereocenters. The second-order valence-corrected chi connectivity index (χ2v) is 6.32. The van der Waals surface area contributed by atoms with Gasteiger partial charge in [-0.05, 0) is 17.6 Å². The van der Waals surface area contributed by atoms with Crippen molar-refractivity contribution in [3.8, 4) is 0 Å². The van der Waals surface area contributed by atoms with Gasteiger partial charge >= 0.3 is 7.12 Å². The third kappa shape index (κ3) is 3.03. The molecule has 2 N–H and O–H groups in total. The monoisotopic (exact) mass is 283 g/mol. The Morgan fingerprint density at radius 1 is 1.05 bits per heavy atom. The van der Waals surface area contributed by atoms with Gasteiger partial charge in [0.05, 0.1) is 4.90 Å². The van der Waals surface area contributed by atoms with Gasteiger partial charge in [0, 0.05) is 25.9 Å². The highest BCUT2D eigenvalue weighted by molar-refractivity contribution is 7.89. The lowest BCUT2D eigenvalue weighted by atomic mass is 9.81. The molecule has 0 aromatic heterocycles. The SMILES string of the molecule is O=C1CCN(S(=O)(=O)c2ccc(B(O)O)cc2)CC1. The van der Waals surface area contributed by atoms with Crippen LogP contribution in [-0.2, 0) is 14.8 Å². The number of hydrogen-bond donors (Lipinski definition) is 2. The average molecular weight is 283 g/mol. The van der Waals surface area contributed by atoms with E-state index in [4.69, 9.17) is 10.0 Å². The zero-order chi connectivity index (χ0) is 14.0. The van der Waals surface area contributed by atoms with Crippen molar-refractivity contribution in [1.82, 2.24) is 4.31 Å². The first kappa shape index (κ1) is 14.2. The summed E-state index contributed by atoms with van der Waals surface area (Å²) in [5.41, 5.74) is 0.229. The van der Waals surface area contributed by atoms with Gasteiger partial charge in [0.15, 0.2) is 0 Å². The Balaban J connectivity index is 2.22. The molecular weight excluding hydrogens is 269 g/mol. The molecule has 1 heterocycles. The minimum atomic E-state index is -3.61. The van der Waals surface area contributed by atoms with Crippen LogP contribution in [0.4, 0.5) is 0 Å². The average Bonchev–Trinajstić information content (AvgIpc) is 2.39. The molecule has 8 heteroatoms. The van der Waals surface area contributed by atoms with Gasteiger partial charge in [-0.2, -0.15) is 4.31 Å². The van der Waals surface area contributed by atoms with Crippen LogP contribution in [0.15, 0.2) is 29.2 Å². The van der Waals surface area contributed by atoms with E-state index in [1.807, 2.05) is 0 Å². The first-order chi connectivity index (χ1) is 8.91. The molecule has 0 bridgehead atoms. The van der Waals surface area contributed by atoms with Crippen molar-refractivity contribution in [2.24, 2.45) is 0 Å². The van der Waals surface area contributed by atoms with Gasteiger partial charge in [0.25, 0.3) is 0 Å². The molecular formula is C11H14BNO5S. The van der Waals surface area contributed by atoms with Gasteiger partial charge in [0.1, 0.15) is 5.78 Å². The third-order valence-corrected chi connectivity index (χ3v) is 5.01. The zero-order valence-electron chi connectivity index (χ0n) is 10.2. The summed E-state index contributed by atoms with van der Waals surface area (Å²) < 4.78 is 25.8. The van der Waals surface area contributed by atoms with Crippen molar-refractivity contribution < 1.29 is 23.3 Å². The normalized spacial score (nSPS) is 17.5. The fraction of sp³-hybridized carbons (Fsp3) is 0.364. The predicted molar refractivity (Wildman–Crippen MR) is 69.3 cm³/mol. The number of carbonyl (C=O) groups excluding carboxylic acids is 1. The van der Waals surface area contributed by atoms with Gasteiger partial charge in [0.2, 0.25) is 10.0 Å². The Kier molecular flexibility index (Phi) is 4.05. The van der Waals surface area contributed by atoms with E-state index in [2.05, 4.69) is 0 Å². The van der Waals surface area contributed by atoms with Crippen molar-refractivity contribution in [3.63, 3.8) is 0 Å². The van der Waals surface area contributed by atoms with E-state index in [1.54, 1.807) is 0 Å². The molecule has 1 aliphatic heterocycles. The van der Waals surface area contributed by atoms with E-state index >= 15 is 0 Å². The Morgan fingerprint density at radius 2 is 1.58 bits per heavy atom. The molecule has 1 aliphatic rings. The number of sulfonamides is 1. The highest BCUT2D eigenvalue weighted by Gasteiger charge is 2.28. The predicted octanol–water partition coefficient (Wildman–Crippen LogP) is -1.28. The smallest absolute Gasteiger partial charge is 0.423 e. The fourth-order valence-electron chi connectivity index (χ4n) is 1.94. The molecule has 1 aromatic rings. The van der Waals surface area contributed by atoms with E-state index in [9.17, 15) is 13.2 Å². The summed E-state index contributed by atoms with van der Waals surface area (Å²) in [4.78, 5) is 11.2. The summed E-state index contributed by atoms with van der Waals surface area (Å²) in [6, 6.07) is 5.38. The molecule has 0 saturated carbocycles. The first-order valence-corrected chi connectivity index (χ1v) is 7.33. The number of nitrogens with zero attached hydrogens (tertiary/aromatic N) is 1. The highest BCUT2D eigenvalue weighted by Crippen LogP contribution is 2.18. The molecule has 6 nitrogen and oxygen atoms in total. The summed E-state index contributed by atoms with van der Waals surface area (Å²) in [6.07, 6.45) is 0.485. The lowest BCUT2D eigenvalue weighted by molar-refractivity contribution is -0.120. The standard InChI is InChI=1S/C11H14BNO5S/c14-10-5-7-13(8-6-10)19(17,18)11-3-1-9(2-4-11)12(15)16/h1-4,15-16H,5-8H2. The van der Waals surface area contributed by atoms with Crippen LogP contribution in [0.3, 0.4) is 0 Å². The van der Waals surface area contributed by atoms with Gasteiger partial charge < -0.3 is 10.0 Å². The van der Waals surface area contributed by atoms with Crippen molar-refractivity contribution in [2.75, 3.05) is 13.1 Å². The highest BCUT2D eigenvalue weighted by atomic mass is 32.2. The van der Waals surface area contributed by atoms with Gasteiger partial charge in [-0.25, -0.2) is 8.42 Å². The van der Waals surface area contributed by atoms with Crippen molar-refractivity contribution in [2.45, 2.75) is 17.7 Å². The van der Waals surface area contributed by atoms with Crippen LogP contribution in [0.1, 0.15) is 12.8 Å². The minimum Gasteiger partial charge on any atom is -0.423 e. The number of Topliss-reactive ketones (excluding diaryl/α,β-unsaturated/α-hetero) is 1. The Morgan fingerprint density at radius 3 is 2.05 bits per heavy atom. The zero-order valence-corrected chi connectivity index (χ0v) is 11.0. The molecule has 0 spiro atoms. The molecule has 1 aromatic carbocycles. The summed E-state index contributed by atoms with van der Waals surface area (Å²) in [7, 11) is -5.23. The molecule has 0 unspecified atom stereocenters. The van der Waals surface area contributed by atoms with E-state index in [-0.39, 0.29) is 42.1 Å². The van der Waals surface area contributed by atoms with Gasteiger partial charge in [-0.1, -0.05) is 12.1 Å². The molecule has 102 valence electrons. The van der Waals surface area contributed by atoms with Gasteiger partial charge in [-0.3, -0.25) is 4.79 Å². The molecule has 19 heavy (non-hydrogen) atoms. The summed E-state index contributed by atoms with van der Waals surface area (Å²) in [5.74, 6) is 0.0743. The Hall–Kier alpha value is -1.22. The molecule has 0 aliphatic carbocycles. The summed E-state index contributed by atoms with van der Waals surface area (Å²) >= 11 is 0. The minimum absolute atomic E-state index is 0.0743. The second-order valence-electron chi connectivity index (χ2n) is 4.39. The molecule has 0 amide bonds. The first-order valence-electron chi connectivity index (χ1n) is 5.89. The number of rotatable bonds is 3. The van der Waals surface area contributed by atoms with Crippen molar-refractivity contribution >= 4 is 28.4 Å². The maximum absolute atomic E-state index is 12.3. The summed E-state index contributed by atoms with van der Waals surface area (Å²) in [5, 5.41) is 17.9. The van der Waals surface area contributed by atoms with Crippen LogP contribution in [0.2, 0.25) is 0 Å². The molecule has 2 rings (SSSR count). The molecule has 1 fully saturated rings. The number of ketones is 1. The topological polar surface area (TPSA) is 94.9 Å². The number of benzene rings is 1. The maximum atomic E-state index is 12.3. The second kappa shape index (κ2) is 5.42. The lowest BCUT2D eigenvalue weighted by Gasteiger charge is -2.25. The molecule has 0 radical (unpaired) electrons. The van der Waals surface area contributed by atoms with Crippen molar-refractivity contribution in [1.29, 1.82) is 0 Å². The molecule has 1 saturated heterocycles. The third-order valence-electron chi connectivity index (χ3n) is 3.10. The van der Waals surface area contributed by atoms with Crippen molar-refractivity contribution in [3.05, 3.63) is 24.3 Å². The summed E-state index contributed by atoms with van der Waals surface area (Å²) in [6.45, 7) is 0.400. The number of carbonyl (C=O) groups is 1. The van der Waals surface area contributed by atoms with E-state index < -0.39 is 17.1 Å². The number of hydrogen-bond acceptors (Lipinski definition) is 5. The Labute approximate surface area is 111 Å².